The number of hydrogen-bond acceptors (Lipinski definition) is 4. The number of fused-ring (bicyclic) bond motifs is 2. The van der Waals surface area contributed by atoms with Gasteiger partial charge in [0.05, 0.1) is 18.1 Å². The summed E-state index contributed by atoms with van der Waals surface area (Å²) in [5, 5.41) is 2.86. The van der Waals surface area contributed by atoms with Crippen LogP contribution < -0.4 is 9.47 Å². The topological polar surface area (TPSA) is 52.6 Å². The predicted molar refractivity (Wildman–Crippen MR) is 106 cm³/mol. The van der Waals surface area contributed by atoms with Gasteiger partial charge in [-0.3, -0.25) is 0 Å². The molecule has 4 nitrogen and oxygen atoms in total. The van der Waals surface area contributed by atoms with Gasteiger partial charge in [0.15, 0.2) is 0 Å². The van der Waals surface area contributed by atoms with E-state index in [1.54, 1.807) is 6.07 Å². The molecule has 0 fully saturated rings. The number of ether oxygens (including phenoxy) is 2. The highest BCUT2D eigenvalue weighted by Crippen LogP contribution is 2.45. The summed E-state index contributed by atoms with van der Waals surface area (Å²) in [4.78, 5) is 0.0369. The van der Waals surface area contributed by atoms with Crippen molar-refractivity contribution in [3.8, 4) is 11.5 Å². The van der Waals surface area contributed by atoms with Gasteiger partial charge in [-0.15, -0.1) is 0 Å². The minimum absolute atomic E-state index is 0.0369. The second-order valence-electron chi connectivity index (χ2n) is 6.02. The fraction of sp³-hybridized carbons (Fsp3) is 0.300. The van der Waals surface area contributed by atoms with Gasteiger partial charge in [0, 0.05) is 32.2 Å². The van der Waals surface area contributed by atoms with E-state index < -0.39 is 9.05 Å². The van der Waals surface area contributed by atoms with E-state index in [1.807, 2.05) is 44.2 Å². The monoisotopic (exact) mass is 392 g/mol. The molecule has 0 heterocycles. The van der Waals surface area contributed by atoms with Crippen molar-refractivity contribution in [2.75, 3.05) is 13.2 Å². The third-order valence-corrected chi connectivity index (χ3v) is 5.44. The standard InChI is InChI=1S/C20H21ClO4S/c1-3-12-24-19-14-8-5-6-9-15(14)20(25-13-4-2)18-16(19)10-7-11-17(18)26(21,22)23/h5-11H,3-4,12-13H2,1-2H3. The molecule has 3 rings (SSSR count). The average Bonchev–Trinajstić information content (AvgIpc) is 2.63. The molecule has 26 heavy (non-hydrogen) atoms. The van der Waals surface area contributed by atoms with Crippen molar-refractivity contribution < 1.29 is 17.9 Å². The molecule has 0 bridgehead atoms. The minimum atomic E-state index is -3.95. The highest BCUT2D eigenvalue weighted by Gasteiger charge is 2.23. The molecular weight excluding hydrogens is 372 g/mol. The molecule has 0 saturated heterocycles. The first-order chi connectivity index (χ1) is 12.5. The van der Waals surface area contributed by atoms with E-state index in [1.165, 1.54) is 6.07 Å². The second-order valence-corrected chi connectivity index (χ2v) is 8.55. The first-order valence-electron chi connectivity index (χ1n) is 8.66. The normalized spacial score (nSPS) is 11.8. The van der Waals surface area contributed by atoms with Gasteiger partial charge in [-0.2, -0.15) is 0 Å². The molecule has 0 aliphatic rings. The largest absolute Gasteiger partial charge is 0.492 e. The Morgan fingerprint density at radius 1 is 0.808 bits per heavy atom. The Morgan fingerprint density at radius 3 is 1.92 bits per heavy atom. The van der Waals surface area contributed by atoms with Gasteiger partial charge in [0.25, 0.3) is 9.05 Å². The van der Waals surface area contributed by atoms with Crippen molar-refractivity contribution in [1.29, 1.82) is 0 Å². The van der Waals surface area contributed by atoms with Crippen molar-refractivity contribution in [1.82, 2.24) is 0 Å². The Hall–Kier alpha value is -1.98. The highest BCUT2D eigenvalue weighted by atomic mass is 35.7. The van der Waals surface area contributed by atoms with Crippen molar-refractivity contribution in [2.24, 2.45) is 0 Å². The Bertz CT molecular complexity index is 1040. The van der Waals surface area contributed by atoms with Gasteiger partial charge in [0.2, 0.25) is 0 Å². The second kappa shape index (κ2) is 7.72. The number of hydrogen-bond donors (Lipinski definition) is 0. The van der Waals surface area contributed by atoms with E-state index in [2.05, 4.69) is 0 Å². The van der Waals surface area contributed by atoms with Crippen LogP contribution >= 0.6 is 10.7 Å². The molecule has 6 heteroatoms. The molecule has 0 unspecified atom stereocenters. The van der Waals surface area contributed by atoms with Crippen LogP contribution in [0.15, 0.2) is 47.4 Å². The lowest BCUT2D eigenvalue weighted by Gasteiger charge is -2.18. The van der Waals surface area contributed by atoms with Crippen LogP contribution in [0.4, 0.5) is 0 Å². The van der Waals surface area contributed by atoms with E-state index in [0.717, 1.165) is 23.6 Å². The van der Waals surface area contributed by atoms with Gasteiger partial charge in [-0.05, 0) is 18.9 Å². The van der Waals surface area contributed by atoms with Crippen LogP contribution in [0.25, 0.3) is 21.5 Å². The Balaban J connectivity index is 2.50. The summed E-state index contributed by atoms with van der Waals surface area (Å²) < 4.78 is 36.4. The Labute approximate surface area is 158 Å². The van der Waals surface area contributed by atoms with E-state index in [-0.39, 0.29) is 4.90 Å². The van der Waals surface area contributed by atoms with Gasteiger partial charge in [-0.25, -0.2) is 8.42 Å². The van der Waals surface area contributed by atoms with Gasteiger partial charge in [0.1, 0.15) is 11.5 Å². The molecular formula is C20H21ClO4S. The van der Waals surface area contributed by atoms with Crippen LogP contribution in [0.5, 0.6) is 11.5 Å². The van der Waals surface area contributed by atoms with Crippen molar-refractivity contribution in [3.05, 3.63) is 42.5 Å². The van der Waals surface area contributed by atoms with Crippen LogP contribution in [-0.2, 0) is 9.05 Å². The fourth-order valence-electron chi connectivity index (χ4n) is 3.03. The average molecular weight is 393 g/mol. The van der Waals surface area contributed by atoms with Crippen molar-refractivity contribution in [3.63, 3.8) is 0 Å². The first kappa shape index (κ1) is 18.8. The van der Waals surface area contributed by atoms with Crippen LogP contribution in [0.1, 0.15) is 26.7 Å². The molecule has 0 aliphatic heterocycles. The smallest absolute Gasteiger partial charge is 0.262 e. The summed E-state index contributed by atoms with van der Waals surface area (Å²) in [6, 6.07) is 12.7. The summed E-state index contributed by atoms with van der Waals surface area (Å²) in [6.45, 7) is 5.04. The predicted octanol–water partition coefficient (Wildman–Crippen LogP) is 5.50. The molecule has 0 aliphatic carbocycles. The quantitative estimate of drug-likeness (QED) is 0.393. The number of halogens is 1. The lowest BCUT2D eigenvalue weighted by molar-refractivity contribution is 0.319. The van der Waals surface area contributed by atoms with Crippen molar-refractivity contribution >= 4 is 41.3 Å². The van der Waals surface area contributed by atoms with Gasteiger partial charge >= 0.3 is 0 Å². The third kappa shape index (κ3) is 3.46. The summed E-state index contributed by atoms with van der Waals surface area (Å²) >= 11 is 0. The molecule has 3 aromatic rings. The maximum atomic E-state index is 12.2. The zero-order valence-electron chi connectivity index (χ0n) is 14.8. The zero-order valence-corrected chi connectivity index (χ0v) is 16.4. The van der Waals surface area contributed by atoms with Crippen LogP contribution in [-0.4, -0.2) is 21.6 Å². The van der Waals surface area contributed by atoms with E-state index >= 15 is 0 Å². The highest BCUT2D eigenvalue weighted by molar-refractivity contribution is 8.14. The first-order valence-corrected chi connectivity index (χ1v) is 11.0. The van der Waals surface area contributed by atoms with Crippen LogP contribution in [0.2, 0.25) is 0 Å². The molecule has 0 atom stereocenters. The number of benzene rings is 3. The third-order valence-electron chi connectivity index (χ3n) is 4.08. The lowest BCUT2D eigenvalue weighted by Crippen LogP contribution is -2.03. The van der Waals surface area contributed by atoms with Crippen molar-refractivity contribution in [2.45, 2.75) is 31.6 Å². The summed E-state index contributed by atoms with van der Waals surface area (Å²) in [7, 11) is 1.78. The molecule has 0 spiro atoms. The number of rotatable bonds is 7. The van der Waals surface area contributed by atoms with Crippen LogP contribution in [0.3, 0.4) is 0 Å². The maximum Gasteiger partial charge on any atom is 0.262 e. The Kier molecular flexibility index (Phi) is 5.58. The summed E-state index contributed by atoms with van der Waals surface area (Å²) in [5.41, 5.74) is 0. The molecule has 0 aromatic heterocycles. The maximum absolute atomic E-state index is 12.2. The molecule has 0 amide bonds. The Morgan fingerprint density at radius 2 is 1.35 bits per heavy atom. The van der Waals surface area contributed by atoms with Gasteiger partial charge in [-0.1, -0.05) is 50.2 Å². The molecule has 0 radical (unpaired) electrons. The van der Waals surface area contributed by atoms with E-state index in [0.29, 0.717) is 35.5 Å². The molecule has 0 N–H and O–H groups in total. The van der Waals surface area contributed by atoms with Gasteiger partial charge < -0.3 is 9.47 Å². The lowest BCUT2D eigenvalue weighted by atomic mass is 10.0. The van der Waals surface area contributed by atoms with E-state index in [9.17, 15) is 8.42 Å². The molecule has 0 saturated carbocycles. The van der Waals surface area contributed by atoms with E-state index in [4.69, 9.17) is 20.2 Å². The molecule has 3 aromatic carbocycles. The fourth-order valence-corrected chi connectivity index (χ4v) is 4.10. The summed E-state index contributed by atoms with van der Waals surface area (Å²) in [6.07, 6.45) is 1.65. The SMILES string of the molecule is CCCOc1c2ccccc2c(OCCC)c2c(S(=O)(=O)Cl)cccc12. The zero-order chi connectivity index (χ0) is 18.7. The molecule has 138 valence electrons. The van der Waals surface area contributed by atoms with Crippen LogP contribution in [0, 0.1) is 0 Å². The summed E-state index contributed by atoms with van der Waals surface area (Å²) in [5.74, 6) is 1.18. The minimum Gasteiger partial charge on any atom is -0.492 e.